The number of nitrogens with zero attached hydrogens (tertiary/aromatic N) is 5. The Morgan fingerprint density at radius 1 is 1.28 bits per heavy atom. The Hall–Kier alpha value is -3.29. The summed E-state index contributed by atoms with van der Waals surface area (Å²) < 4.78 is 37.2. The lowest BCUT2D eigenvalue weighted by Crippen LogP contribution is -2.45. The van der Waals surface area contributed by atoms with E-state index in [9.17, 15) is 13.2 Å². The minimum Gasteiger partial charge on any atom is -0.443 e. The molecule has 12 nitrogen and oxygen atoms in total. The molecule has 0 bridgehead atoms. The van der Waals surface area contributed by atoms with Crippen molar-refractivity contribution in [2.45, 2.75) is 31.7 Å². The van der Waals surface area contributed by atoms with Gasteiger partial charge in [0.25, 0.3) is 0 Å². The maximum atomic E-state index is 12.6. The number of morpholine rings is 1. The quantitative estimate of drug-likeness (QED) is 0.458. The molecule has 4 heterocycles. The Kier molecular flexibility index (Phi) is 7.71. The van der Waals surface area contributed by atoms with Crippen LogP contribution in [0.5, 0.6) is 0 Å². The molecule has 0 spiro atoms. The van der Waals surface area contributed by atoms with Crippen molar-refractivity contribution < 1.29 is 22.7 Å². The van der Waals surface area contributed by atoms with Crippen molar-refractivity contribution >= 4 is 33.0 Å². The van der Waals surface area contributed by atoms with Crippen LogP contribution in [0.1, 0.15) is 24.7 Å². The Morgan fingerprint density at radius 2 is 2.08 bits per heavy atom. The predicted octanol–water partition coefficient (Wildman–Crippen LogP) is 1.88. The van der Waals surface area contributed by atoms with Crippen LogP contribution < -0.4 is 10.2 Å². The molecule has 194 valence electrons. The number of amides is 1. The van der Waals surface area contributed by atoms with Gasteiger partial charge in [0.05, 0.1) is 41.7 Å². The molecule has 0 saturated carbocycles. The van der Waals surface area contributed by atoms with Crippen LogP contribution in [0.4, 0.5) is 10.6 Å². The van der Waals surface area contributed by atoms with Crippen LogP contribution in [0.25, 0.3) is 22.6 Å². The van der Waals surface area contributed by atoms with Crippen molar-refractivity contribution in [3.63, 3.8) is 0 Å². The number of H-pyrrole nitrogens is 1. The number of fused-ring (bicyclic) bond motifs is 1. The summed E-state index contributed by atoms with van der Waals surface area (Å²) in [6.45, 7) is 3.94. The van der Waals surface area contributed by atoms with E-state index in [2.05, 4.69) is 27.1 Å². The summed E-state index contributed by atoms with van der Waals surface area (Å²) >= 11 is 0. The maximum Gasteiger partial charge on any atom is 0.407 e. The fourth-order valence-corrected chi connectivity index (χ4v) is 4.69. The van der Waals surface area contributed by atoms with Crippen molar-refractivity contribution in [2.24, 2.45) is 0 Å². The molecule has 0 aliphatic carbocycles. The van der Waals surface area contributed by atoms with E-state index in [0.717, 1.165) is 11.9 Å². The van der Waals surface area contributed by atoms with E-state index in [1.165, 1.54) is 25.4 Å². The maximum absolute atomic E-state index is 12.6. The van der Waals surface area contributed by atoms with E-state index < -0.39 is 16.1 Å². The number of aromatic nitrogens is 4. The smallest absolute Gasteiger partial charge is 0.407 e. The van der Waals surface area contributed by atoms with Crippen molar-refractivity contribution in [3.8, 4) is 11.5 Å². The van der Waals surface area contributed by atoms with Gasteiger partial charge in [-0.15, -0.1) is 0 Å². The number of carbonyl (C=O) groups is 1. The molecular weight excluding hydrogens is 486 g/mol. The Morgan fingerprint density at radius 3 is 2.81 bits per heavy atom. The van der Waals surface area contributed by atoms with Gasteiger partial charge in [-0.25, -0.2) is 32.5 Å². The zero-order valence-electron chi connectivity index (χ0n) is 20.8. The zero-order chi connectivity index (χ0) is 25.9. The highest BCUT2D eigenvalue weighted by Crippen LogP contribution is 2.26. The molecule has 1 aliphatic heterocycles. The number of sulfonamides is 1. The minimum atomic E-state index is -3.54. The topological polar surface area (TPSA) is 143 Å². The molecule has 0 unspecified atom stereocenters. The third-order valence-electron chi connectivity index (χ3n) is 5.97. The summed E-state index contributed by atoms with van der Waals surface area (Å²) in [5, 5.41) is 2.40. The monoisotopic (exact) mass is 517 g/mol. The number of alkyl carbamates (subject to hydrolysis) is 1. The summed E-state index contributed by atoms with van der Waals surface area (Å²) in [6.07, 6.45) is 0.334. The number of hydrogen-bond donors (Lipinski definition) is 2. The molecule has 2 N–H and O–H groups in total. The van der Waals surface area contributed by atoms with E-state index in [-0.39, 0.29) is 18.4 Å². The lowest BCUT2D eigenvalue weighted by atomic mass is 10.1. The number of hydrogen-bond acceptors (Lipinski definition) is 9. The molecule has 1 saturated heterocycles. The normalized spacial score (nSPS) is 16.5. The first-order valence-corrected chi connectivity index (χ1v) is 13.3. The van der Waals surface area contributed by atoms with Gasteiger partial charge in [-0.05, 0) is 24.6 Å². The van der Waals surface area contributed by atoms with Gasteiger partial charge in [0.1, 0.15) is 23.9 Å². The molecule has 3 aromatic heterocycles. The largest absolute Gasteiger partial charge is 0.443 e. The predicted molar refractivity (Wildman–Crippen MR) is 135 cm³/mol. The van der Waals surface area contributed by atoms with Crippen LogP contribution in [0.15, 0.2) is 24.3 Å². The van der Waals surface area contributed by atoms with Crippen LogP contribution in [0.2, 0.25) is 0 Å². The summed E-state index contributed by atoms with van der Waals surface area (Å²) in [4.78, 5) is 30.8. The number of nitrogens with one attached hydrogen (secondary N) is 2. The molecule has 36 heavy (non-hydrogen) atoms. The Labute approximate surface area is 210 Å². The van der Waals surface area contributed by atoms with Crippen molar-refractivity contribution in [3.05, 3.63) is 35.7 Å². The van der Waals surface area contributed by atoms with Crippen molar-refractivity contribution in [1.82, 2.24) is 29.6 Å². The number of pyridine rings is 1. The molecule has 1 fully saturated rings. The van der Waals surface area contributed by atoms with Crippen LogP contribution in [0, 0.1) is 0 Å². The average Bonchev–Trinajstić information content (AvgIpc) is 3.28. The van der Waals surface area contributed by atoms with Crippen LogP contribution in [0.3, 0.4) is 0 Å². The second kappa shape index (κ2) is 10.8. The van der Waals surface area contributed by atoms with E-state index in [1.807, 2.05) is 6.07 Å². The van der Waals surface area contributed by atoms with Gasteiger partial charge in [0.2, 0.25) is 10.0 Å². The second-order valence-electron chi connectivity index (χ2n) is 8.66. The van der Waals surface area contributed by atoms with Gasteiger partial charge in [-0.2, -0.15) is 0 Å². The molecule has 0 aromatic carbocycles. The molecule has 4 rings (SSSR count). The number of anilines is 1. The van der Waals surface area contributed by atoms with E-state index in [0.29, 0.717) is 54.0 Å². The number of rotatable bonds is 8. The first-order valence-electron chi connectivity index (χ1n) is 11.7. The Balaban J connectivity index is 1.73. The van der Waals surface area contributed by atoms with E-state index >= 15 is 0 Å². The van der Waals surface area contributed by atoms with Gasteiger partial charge in [0.15, 0.2) is 5.82 Å². The summed E-state index contributed by atoms with van der Waals surface area (Å²) in [5.41, 5.74) is 3.00. The fourth-order valence-electron chi connectivity index (χ4n) is 3.91. The van der Waals surface area contributed by atoms with E-state index in [4.69, 9.17) is 19.4 Å². The van der Waals surface area contributed by atoms with Crippen molar-refractivity contribution in [2.75, 3.05) is 45.8 Å². The van der Waals surface area contributed by atoms with Crippen molar-refractivity contribution in [1.29, 1.82) is 0 Å². The third-order valence-corrected chi connectivity index (χ3v) is 7.74. The fraction of sp³-hybridized carbons (Fsp3) is 0.478. The van der Waals surface area contributed by atoms with Gasteiger partial charge in [-0.3, -0.25) is 0 Å². The first kappa shape index (κ1) is 25.8. The highest BCUT2D eigenvalue weighted by Gasteiger charge is 2.25. The lowest BCUT2D eigenvalue weighted by molar-refractivity contribution is 0.0925. The molecule has 1 aliphatic rings. The standard InChI is InChI=1S/C23H31N7O5S/c1-5-17-13-34-9-8-30(17)21-11-16(14-36(32,33)29(3)4)26-22(28-21)19-7-6-18-20(27-19)10-15(25-18)12-35-23(31)24-2/h6-7,10-11,17,25H,5,8-9,12-14H2,1-4H3,(H,24,31)/t17-/m0/s1. The highest BCUT2D eigenvalue weighted by atomic mass is 32.2. The third kappa shape index (κ3) is 5.74. The van der Waals surface area contributed by atoms with E-state index in [1.54, 1.807) is 18.2 Å². The highest BCUT2D eigenvalue weighted by molar-refractivity contribution is 7.88. The van der Waals surface area contributed by atoms with Gasteiger partial charge in [-0.1, -0.05) is 6.92 Å². The molecular formula is C23H31N7O5S. The minimum absolute atomic E-state index is 0.0688. The summed E-state index contributed by atoms with van der Waals surface area (Å²) in [6, 6.07) is 7.28. The molecule has 3 aromatic rings. The average molecular weight is 518 g/mol. The Bertz CT molecular complexity index is 1340. The number of aromatic amines is 1. The number of carbonyl (C=O) groups excluding carboxylic acids is 1. The van der Waals surface area contributed by atoms with Gasteiger partial charge in [0, 0.05) is 33.8 Å². The summed E-state index contributed by atoms with van der Waals surface area (Å²) in [7, 11) is 0.958. The summed E-state index contributed by atoms with van der Waals surface area (Å²) in [5.74, 6) is 0.732. The lowest BCUT2D eigenvalue weighted by Gasteiger charge is -2.36. The molecule has 1 atom stereocenters. The SMILES string of the molecule is CC[C@H]1COCCN1c1cc(CS(=O)(=O)N(C)C)nc(-c2ccc3[nH]c(COC(=O)NC)cc3n2)n1. The molecule has 0 radical (unpaired) electrons. The number of ether oxygens (including phenoxy) is 2. The van der Waals surface area contributed by atoms with Crippen LogP contribution >= 0.6 is 0 Å². The second-order valence-corrected chi connectivity index (χ2v) is 10.8. The van der Waals surface area contributed by atoms with Crippen LogP contribution in [-0.4, -0.2) is 85.7 Å². The molecule has 13 heteroatoms. The van der Waals surface area contributed by atoms with Gasteiger partial charge < -0.3 is 24.7 Å². The molecule has 1 amide bonds. The zero-order valence-corrected chi connectivity index (χ0v) is 21.6. The van der Waals surface area contributed by atoms with Gasteiger partial charge >= 0.3 is 6.09 Å². The first-order chi connectivity index (χ1) is 17.2. The van der Waals surface area contributed by atoms with Crippen LogP contribution in [-0.2, 0) is 31.9 Å².